The lowest BCUT2D eigenvalue weighted by molar-refractivity contribution is -0.320. The Morgan fingerprint density at radius 2 is 1.41 bits per heavy atom. The molecule has 0 radical (unpaired) electrons. The standard InChI is InChI=1S/C29H16Cl3F11N2O4/c30-17-3-2-15(9-16(17)19(46)7-11-1-4-18(33)24(23(11)34)45-20(47)10-49-29(41,42)43)44-25(48)22-21(26(22,31)32)12-5-13(27(35,36)37)8-14(6-12)28(38,39)40/h1-6,8-9,21-22H,7,10H2,(H,44,48)(H,45,47). The molecule has 0 saturated heterocycles. The molecule has 1 saturated carbocycles. The highest BCUT2D eigenvalue weighted by Crippen LogP contribution is 2.65. The molecule has 1 fully saturated rings. The number of alkyl halides is 11. The van der Waals surface area contributed by atoms with Gasteiger partial charge >= 0.3 is 18.7 Å². The summed E-state index contributed by atoms with van der Waals surface area (Å²) in [5, 5.41) is 3.61. The van der Waals surface area contributed by atoms with Crippen molar-refractivity contribution >= 4 is 63.8 Å². The normalized spacial score (nSPS) is 17.4. The summed E-state index contributed by atoms with van der Waals surface area (Å²) < 4.78 is 147. The molecule has 3 aromatic rings. The Kier molecular flexibility index (Phi) is 10.6. The van der Waals surface area contributed by atoms with Crippen LogP contribution in [0.3, 0.4) is 0 Å². The third-order valence-corrected chi connectivity index (χ3v) is 8.26. The van der Waals surface area contributed by atoms with E-state index in [-0.39, 0.29) is 22.3 Å². The van der Waals surface area contributed by atoms with Crippen molar-refractivity contribution < 1.29 is 67.4 Å². The lowest BCUT2D eigenvalue weighted by Gasteiger charge is -2.14. The van der Waals surface area contributed by atoms with Crippen LogP contribution >= 0.6 is 34.8 Å². The molecule has 1 aliphatic rings. The van der Waals surface area contributed by atoms with Gasteiger partial charge < -0.3 is 10.6 Å². The zero-order valence-electron chi connectivity index (χ0n) is 23.6. The fourth-order valence-electron chi connectivity index (χ4n) is 4.70. The number of carbonyl (C=O) groups is 3. The van der Waals surface area contributed by atoms with Crippen LogP contribution in [0.15, 0.2) is 48.5 Å². The van der Waals surface area contributed by atoms with Crippen LogP contribution in [-0.2, 0) is 33.1 Å². The van der Waals surface area contributed by atoms with E-state index in [1.54, 1.807) is 5.32 Å². The smallest absolute Gasteiger partial charge is 0.326 e. The second-order valence-electron chi connectivity index (χ2n) is 10.4. The van der Waals surface area contributed by atoms with Gasteiger partial charge in [0, 0.05) is 23.6 Å². The largest absolute Gasteiger partial charge is 0.523 e. The van der Waals surface area contributed by atoms with Crippen LogP contribution in [0.5, 0.6) is 0 Å². The highest BCUT2D eigenvalue weighted by atomic mass is 35.5. The topological polar surface area (TPSA) is 84.5 Å². The van der Waals surface area contributed by atoms with Crippen LogP contribution in [0.2, 0.25) is 5.02 Å². The SMILES string of the molecule is O=C(COC(F)(F)F)Nc1c(F)ccc(CC(=O)c2cc(NC(=O)C3C(c4cc(C(F)(F)F)cc(C(F)(F)F)c4)C3(Cl)Cl)ccc2Cl)c1F. The van der Waals surface area contributed by atoms with Crippen molar-refractivity contribution in [2.75, 3.05) is 17.2 Å². The van der Waals surface area contributed by atoms with Gasteiger partial charge in [0.05, 0.1) is 22.1 Å². The van der Waals surface area contributed by atoms with Gasteiger partial charge in [-0.1, -0.05) is 17.7 Å². The van der Waals surface area contributed by atoms with Gasteiger partial charge in [-0.3, -0.25) is 19.1 Å². The molecular weight excluding hydrogens is 756 g/mol. The summed E-state index contributed by atoms with van der Waals surface area (Å²) in [5.41, 5.74) is -6.21. The molecule has 3 aromatic carbocycles. The zero-order valence-corrected chi connectivity index (χ0v) is 25.9. The summed E-state index contributed by atoms with van der Waals surface area (Å²) in [6, 6.07) is 5.30. The summed E-state index contributed by atoms with van der Waals surface area (Å²) in [4.78, 5) is 37.8. The fourth-order valence-corrected chi connectivity index (χ4v) is 5.75. The van der Waals surface area contributed by atoms with Crippen LogP contribution in [0.25, 0.3) is 0 Å². The Labute approximate surface area is 282 Å². The van der Waals surface area contributed by atoms with Crippen molar-refractivity contribution in [1.82, 2.24) is 0 Å². The molecule has 0 aliphatic heterocycles. The first-order valence-electron chi connectivity index (χ1n) is 13.2. The Bertz CT molecular complexity index is 1780. The minimum Gasteiger partial charge on any atom is -0.326 e. The van der Waals surface area contributed by atoms with Crippen molar-refractivity contribution in [2.24, 2.45) is 5.92 Å². The van der Waals surface area contributed by atoms with Crippen LogP contribution in [-0.4, -0.2) is 34.9 Å². The maximum Gasteiger partial charge on any atom is 0.523 e. The summed E-state index contributed by atoms with van der Waals surface area (Å²) in [7, 11) is 0. The minimum absolute atomic E-state index is 0.111. The van der Waals surface area contributed by atoms with Crippen LogP contribution in [0.4, 0.5) is 59.7 Å². The lowest BCUT2D eigenvalue weighted by Crippen LogP contribution is -2.25. The van der Waals surface area contributed by atoms with Crippen molar-refractivity contribution in [1.29, 1.82) is 0 Å². The molecule has 4 rings (SSSR count). The number of hydrogen-bond donors (Lipinski definition) is 2. The number of nitrogens with one attached hydrogen (secondary N) is 2. The van der Waals surface area contributed by atoms with Crippen LogP contribution < -0.4 is 10.6 Å². The zero-order chi connectivity index (χ0) is 36.9. The highest BCUT2D eigenvalue weighted by Gasteiger charge is 2.68. The van der Waals surface area contributed by atoms with E-state index in [0.29, 0.717) is 18.2 Å². The molecule has 6 nitrogen and oxygen atoms in total. The van der Waals surface area contributed by atoms with Crippen molar-refractivity contribution in [2.45, 2.75) is 35.4 Å². The number of ether oxygens (including phenoxy) is 1. The van der Waals surface area contributed by atoms with Crippen molar-refractivity contribution in [3.05, 3.63) is 93.0 Å². The average Bonchev–Trinajstić information content (AvgIpc) is 3.56. The predicted molar refractivity (Wildman–Crippen MR) is 152 cm³/mol. The van der Waals surface area contributed by atoms with Gasteiger partial charge in [-0.05, 0) is 53.6 Å². The third kappa shape index (κ3) is 8.93. The van der Waals surface area contributed by atoms with E-state index in [1.807, 2.05) is 0 Å². The van der Waals surface area contributed by atoms with Gasteiger partial charge in [0.25, 0.3) is 5.91 Å². The third-order valence-electron chi connectivity index (χ3n) is 6.99. The molecule has 20 heteroatoms. The summed E-state index contributed by atoms with van der Waals surface area (Å²) >= 11 is 18.3. The first-order chi connectivity index (χ1) is 22.4. The number of anilines is 2. The first kappa shape index (κ1) is 38.1. The first-order valence-corrected chi connectivity index (χ1v) is 14.3. The van der Waals surface area contributed by atoms with E-state index < -0.39 is 105 Å². The maximum atomic E-state index is 15.0. The van der Waals surface area contributed by atoms with E-state index in [2.05, 4.69) is 10.1 Å². The van der Waals surface area contributed by atoms with Crippen LogP contribution in [0, 0.1) is 17.6 Å². The molecule has 2 unspecified atom stereocenters. The maximum absolute atomic E-state index is 15.0. The van der Waals surface area contributed by atoms with Gasteiger partial charge in [0.1, 0.15) is 22.4 Å². The van der Waals surface area contributed by atoms with Crippen molar-refractivity contribution in [3.8, 4) is 0 Å². The van der Waals surface area contributed by atoms with Crippen molar-refractivity contribution in [3.63, 3.8) is 0 Å². The number of rotatable bonds is 9. The van der Waals surface area contributed by atoms with E-state index in [0.717, 1.165) is 24.3 Å². The summed E-state index contributed by atoms with van der Waals surface area (Å²) in [6.07, 6.45) is -16.4. The molecule has 2 atom stereocenters. The molecule has 2 amide bonds. The molecule has 2 N–H and O–H groups in total. The van der Waals surface area contributed by atoms with E-state index in [1.165, 1.54) is 0 Å². The van der Waals surface area contributed by atoms with Gasteiger partial charge in [-0.15, -0.1) is 36.4 Å². The number of Topliss-reactive ketones (excluding diaryl/α,β-unsaturated/α-hetero) is 1. The number of carbonyl (C=O) groups excluding carboxylic acids is 3. The Morgan fingerprint density at radius 1 is 0.816 bits per heavy atom. The molecule has 0 heterocycles. The van der Waals surface area contributed by atoms with E-state index in [9.17, 15) is 58.3 Å². The average molecular weight is 772 g/mol. The number of amides is 2. The molecule has 49 heavy (non-hydrogen) atoms. The predicted octanol–water partition coefficient (Wildman–Crippen LogP) is 9.08. The lowest BCUT2D eigenvalue weighted by atomic mass is 10.0. The quantitative estimate of drug-likeness (QED) is 0.129. The molecular formula is C29H16Cl3F11N2O4. The number of hydrogen-bond acceptors (Lipinski definition) is 4. The van der Waals surface area contributed by atoms with Gasteiger partial charge in [-0.2, -0.15) is 26.3 Å². The summed E-state index contributed by atoms with van der Waals surface area (Å²) in [6.45, 7) is -1.63. The second kappa shape index (κ2) is 13.6. The monoisotopic (exact) mass is 770 g/mol. The Hall–Kier alpha value is -3.67. The Morgan fingerprint density at radius 3 is 1.96 bits per heavy atom. The molecule has 1 aliphatic carbocycles. The Balaban J connectivity index is 1.53. The van der Waals surface area contributed by atoms with Crippen LogP contribution in [0.1, 0.15) is 38.5 Å². The molecule has 0 bridgehead atoms. The highest BCUT2D eigenvalue weighted by molar-refractivity contribution is 6.53. The second-order valence-corrected chi connectivity index (χ2v) is 12.3. The molecule has 0 spiro atoms. The minimum atomic E-state index is -5.21. The van der Waals surface area contributed by atoms with Gasteiger partial charge in [-0.25, -0.2) is 8.78 Å². The summed E-state index contributed by atoms with van der Waals surface area (Å²) in [5.74, 6) is -9.61. The number of ketones is 1. The van der Waals surface area contributed by atoms with E-state index in [4.69, 9.17) is 34.8 Å². The van der Waals surface area contributed by atoms with Gasteiger partial charge in [0.15, 0.2) is 11.6 Å². The number of benzene rings is 3. The molecule has 264 valence electrons. The van der Waals surface area contributed by atoms with Gasteiger partial charge in [0.2, 0.25) is 5.91 Å². The fraction of sp³-hybridized carbons (Fsp3) is 0.276. The number of halogens is 14. The molecule has 0 aromatic heterocycles. The van der Waals surface area contributed by atoms with E-state index >= 15 is 4.39 Å².